The van der Waals surface area contributed by atoms with Crippen molar-refractivity contribution in [3.63, 3.8) is 0 Å². The number of hydrogen-bond donors (Lipinski definition) is 13. The van der Waals surface area contributed by atoms with Crippen molar-refractivity contribution < 1.29 is 114 Å². The van der Waals surface area contributed by atoms with Crippen LogP contribution in [0.2, 0.25) is 0 Å². The van der Waals surface area contributed by atoms with Crippen LogP contribution < -0.4 is 0 Å². The van der Waals surface area contributed by atoms with Crippen LogP contribution in [0, 0.1) is 0 Å². The van der Waals surface area contributed by atoms with Gasteiger partial charge < -0.3 is 109 Å². The lowest BCUT2D eigenvalue weighted by Crippen LogP contribution is -2.66. The minimum atomic E-state index is -2.07. The van der Waals surface area contributed by atoms with Crippen LogP contribution in [-0.4, -0.2) is 209 Å². The maximum absolute atomic E-state index is 13.5. The van der Waals surface area contributed by atoms with Crippen LogP contribution >= 0.6 is 0 Å². The molecule has 2 aromatic rings. The van der Waals surface area contributed by atoms with E-state index < -0.39 is 153 Å². The van der Waals surface area contributed by atoms with E-state index in [2.05, 4.69) is 0 Å². The summed E-state index contributed by atoms with van der Waals surface area (Å²) in [6.07, 6.45) is -25.6. The number of rotatable bonds is 15. The summed E-state index contributed by atoms with van der Waals surface area (Å²) in [5.74, 6) is -2.77. The highest BCUT2D eigenvalue weighted by Crippen LogP contribution is 2.35. The highest BCUT2D eigenvalue weighted by molar-refractivity contribution is 5.87. The molecule has 0 saturated carbocycles. The Morgan fingerprint density at radius 1 is 0.698 bits per heavy atom. The van der Waals surface area contributed by atoms with Crippen LogP contribution in [0.4, 0.5) is 0 Å². The zero-order valence-electron chi connectivity index (χ0n) is 33.9. The molecule has 0 bridgehead atoms. The molecule has 23 nitrogen and oxygen atoms in total. The van der Waals surface area contributed by atoms with Crippen LogP contribution in [0.3, 0.4) is 0 Å². The molecular formula is C40H54O23. The minimum Gasteiger partial charge on any atom is -0.504 e. The summed E-state index contributed by atoms with van der Waals surface area (Å²) < 4.78 is 52.1. The van der Waals surface area contributed by atoms with E-state index in [4.69, 9.17) is 42.6 Å². The molecule has 0 spiro atoms. The Hall–Kier alpha value is -3.83. The summed E-state index contributed by atoms with van der Waals surface area (Å²) in [7, 11) is 0. The van der Waals surface area contributed by atoms with E-state index in [9.17, 15) is 71.2 Å². The predicted octanol–water partition coefficient (Wildman–Crippen LogP) is -3.70. The fourth-order valence-electron chi connectivity index (χ4n) is 7.33. The molecule has 0 radical (unpaired) electrons. The van der Waals surface area contributed by atoms with E-state index in [1.165, 1.54) is 50.3 Å². The zero-order valence-corrected chi connectivity index (χ0v) is 33.9. The molecular weight excluding hydrogens is 848 g/mol. The average Bonchev–Trinajstić information content (AvgIpc) is 3.54. The van der Waals surface area contributed by atoms with Gasteiger partial charge in [0.25, 0.3) is 0 Å². The Morgan fingerprint density at radius 2 is 1.33 bits per heavy atom. The number of esters is 1. The maximum atomic E-state index is 13.5. The molecule has 0 aromatic heterocycles. The molecule has 352 valence electrons. The second-order valence-electron chi connectivity index (χ2n) is 15.8. The van der Waals surface area contributed by atoms with Gasteiger partial charge in [0.15, 0.2) is 54.3 Å². The lowest BCUT2D eigenvalue weighted by Gasteiger charge is -2.47. The van der Waals surface area contributed by atoms with Crippen molar-refractivity contribution in [2.45, 2.75) is 130 Å². The molecule has 13 N–H and O–H groups in total. The molecule has 4 aliphatic heterocycles. The number of aliphatic hydroxyl groups excluding tert-OH is 8. The van der Waals surface area contributed by atoms with Crippen LogP contribution in [0.1, 0.15) is 25.0 Å². The van der Waals surface area contributed by atoms with E-state index >= 15 is 0 Å². The van der Waals surface area contributed by atoms with Crippen molar-refractivity contribution in [2.75, 3.05) is 26.4 Å². The number of benzene rings is 2. The molecule has 0 aliphatic carbocycles. The average molecular weight is 903 g/mol. The number of hydrogen-bond acceptors (Lipinski definition) is 23. The van der Waals surface area contributed by atoms with Crippen LogP contribution in [0.15, 0.2) is 42.5 Å². The molecule has 18 unspecified atom stereocenters. The molecule has 4 heterocycles. The summed E-state index contributed by atoms with van der Waals surface area (Å²) in [4.78, 5) is 13.5. The number of aliphatic hydroxyl groups is 9. The Balaban J connectivity index is 1.27. The van der Waals surface area contributed by atoms with Crippen LogP contribution in [0.25, 0.3) is 6.08 Å². The molecule has 23 heteroatoms. The molecule has 4 aliphatic rings. The third kappa shape index (κ3) is 11.0. The zero-order chi connectivity index (χ0) is 45.9. The standard InChI is InChI=1S/C40H54O23/c1-16-26(47)27(48)29(50)36(58-16)56-13-24-33(61-25(46)8-5-18-3-6-20(42)22(44)11-18)34(31(52)37(60-24)55-10-9-19-4-7-21(43)23(45)12-19)63-38-30(51)28(49)32(17(2)59-38)62-39-35(53)40(54,14-41)15-57-39/h3-8,11-12,16-17,24,26-39,41-45,47-54H,9-10,13-15H2,1-2H3. The first kappa shape index (κ1) is 48.6. The summed E-state index contributed by atoms with van der Waals surface area (Å²) in [6, 6.07) is 7.72. The molecule has 18 atom stereocenters. The number of carbonyl (C=O) groups is 1. The van der Waals surface area contributed by atoms with Crippen molar-refractivity contribution in [1.82, 2.24) is 0 Å². The molecule has 2 aromatic carbocycles. The normalized spacial score (nSPS) is 39.7. The largest absolute Gasteiger partial charge is 0.504 e. The first-order valence-corrected chi connectivity index (χ1v) is 19.9. The monoisotopic (exact) mass is 902 g/mol. The van der Waals surface area contributed by atoms with Crippen molar-refractivity contribution in [1.29, 1.82) is 0 Å². The van der Waals surface area contributed by atoms with Gasteiger partial charge in [0.2, 0.25) is 0 Å². The van der Waals surface area contributed by atoms with Gasteiger partial charge in [-0.3, -0.25) is 0 Å². The van der Waals surface area contributed by atoms with Gasteiger partial charge in [0, 0.05) is 6.08 Å². The Kier molecular flexibility index (Phi) is 15.9. The highest BCUT2D eigenvalue weighted by Gasteiger charge is 2.55. The molecule has 4 saturated heterocycles. The number of phenolic OH excluding ortho intramolecular Hbond substituents is 4. The first-order chi connectivity index (χ1) is 29.8. The smallest absolute Gasteiger partial charge is 0.331 e. The summed E-state index contributed by atoms with van der Waals surface area (Å²) >= 11 is 0. The molecule has 63 heavy (non-hydrogen) atoms. The Bertz CT molecular complexity index is 1870. The topological polar surface area (TPSA) is 363 Å². The first-order valence-electron chi connectivity index (χ1n) is 19.9. The number of ether oxygens (including phenoxy) is 9. The van der Waals surface area contributed by atoms with E-state index in [1.807, 2.05) is 0 Å². The van der Waals surface area contributed by atoms with Gasteiger partial charge in [-0.2, -0.15) is 0 Å². The van der Waals surface area contributed by atoms with Crippen LogP contribution in [0.5, 0.6) is 23.0 Å². The van der Waals surface area contributed by atoms with Gasteiger partial charge >= 0.3 is 5.97 Å². The fraction of sp³-hybridized carbons (Fsp3) is 0.625. The highest BCUT2D eigenvalue weighted by atomic mass is 16.8. The minimum absolute atomic E-state index is 0.0913. The van der Waals surface area contributed by atoms with Gasteiger partial charge in [-0.1, -0.05) is 12.1 Å². The number of aromatic hydroxyl groups is 4. The van der Waals surface area contributed by atoms with Crippen molar-refractivity contribution in [2.24, 2.45) is 0 Å². The second kappa shape index (κ2) is 20.6. The lowest BCUT2D eigenvalue weighted by atomic mass is 9.96. The van der Waals surface area contributed by atoms with E-state index in [0.29, 0.717) is 5.56 Å². The second-order valence-corrected chi connectivity index (χ2v) is 15.8. The third-order valence-electron chi connectivity index (χ3n) is 11.2. The van der Waals surface area contributed by atoms with E-state index in [-0.39, 0.29) is 24.3 Å². The number of carbonyl (C=O) groups excluding carboxylic acids is 1. The predicted molar refractivity (Wildman–Crippen MR) is 205 cm³/mol. The van der Waals surface area contributed by atoms with E-state index in [0.717, 1.165) is 12.1 Å². The molecule has 4 fully saturated rings. The van der Waals surface area contributed by atoms with Crippen molar-refractivity contribution in [3.05, 3.63) is 53.6 Å². The van der Waals surface area contributed by atoms with Crippen LogP contribution in [-0.2, 0) is 53.8 Å². The number of phenols is 4. The van der Waals surface area contributed by atoms with Crippen molar-refractivity contribution >= 4 is 12.0 Å². The SMILES string of the molecule is CC1OC(OCC2OC(OCCc3ccc(O)c(O)c3)C(O)C(OC3OC(C)C(OC4OCC(O)(CO)C4O)C(O)C3O)C2OC(=O)C=Cc2ccc(O)c(O)c2)C(O)C(O)C1O. The lowest BCUT2D eigenvalue weighted by molar-refractivity contribution is -0.369. The molecule has 0 amide bonds. The quantitative estimate of drug-likeness (QED) is 0.0465. The van der Waals surface area contributed by atoms with E-state index in [1.54, 1.807) is 0 Å². The Morgan fingerprint density at radius 3 is 2.00 bits per heavy atom. The third-order valence-corrected chi connectivity index (χ3v) is 11.2. The van der Waals surface area contributed by atoms with Gasteiger partial charge in [-0.05, 0) is 61.7 Å². The summed E-state index contributed by atoms with van der Waals surface area (Å²) in [5.41, 5.74) is -1.33. The summed E-state index contributed by atoms with van der Waals surface area (Å²) in [6.45, 7) is 0.545. The van der Waals surface area contributed by atoms with Gasteiger partial charge in [0.1, 0.15) is 66.6 Å². The van der Waals surface area contributed by atoms with Crippen molar-refractivity contribution in [3.8, 4) is 23.0 Å². The Labute approximate surface area is 359 Å². The molecule has 6 rings (SSSR count). The van der Waals surface area contributed by atoms with Gasteiger partial charge in [-0.25, -0.2) is 4.79 Å². The van der Waals surface area contributed by atoms with Gasteiger partial charge in [-0.15, -0.1) is 0 Å². The fourth-order valence-corrected chi connectivity index (χ4v) is 7.33. The van der Waals surface area contributed by atoms with Gasteiger partial charge in [0.05, 0.1) is 38.6 Å². The summed E-state index contributed by atoms with van der Waals surface area (Å²) in [5, 5.41) is 135. The maximum Gasteiger partial charge on any atom is 0.331 e.